The van der Waals surface area contributed by atoms with Crippen molar-refractivity contribution in [3.8, 4) is 11.5 Å². The molecule has 1 saturated heterocycles. The molecule has 2 aliphatic heterocycles. The molecule has 0 aliphatic carbocycles. The molecule has 32 heavy (non-hydrogen) atoms. The summed E-state index contributed by atoms with van der Waals surface area (Å²) in [5, 5.41) is 9.14. The van der Waals surface area contributed by atoms with Crippen molar-refractivity contribution in [2.45, 2.75) is 38.3 Å². The van der Waals surface area contributed by atoms with E-state index in [1.165, 1.54) is 32.4 Å². The van der Waals surface area contributed by atoms with Crippen LogP contribution in [0.5, 0.6) is 11.5 Å². The molecule has 0 radical (unpaired) electrons. The van der Waals surface area contributed by atoms with Crippen molar-refractivity contribution in [1.29, 1.82) is 0 Å². The Morgan fingerprint density at radius 2 is 2.00 bits per heavy atom. The lowest BCUT2D eigenvalue weighted by atomic mass is 9.79. The van der Waals surface area contributed by atoms with E-state index in [4.69, 9.17) is 9.47 Å². The van der Waals surface area contributed by atoms with Crippen molar-refractivity contribution in [2.24, 2.45) is 11.8 Å². The van der Waals surface area contributed by atoms with Gasteiger partial charge in [-0.1, -0.05) is 13.8 Å². The molecule has 2 aliphatic rings. The van der Waals surface area contributed by atoms with Crippen molar-refractivity contribution in [2.75, 3.05) is 24.9 Å². The van der Waals surface area contributed by atoms with Gasteiger partial charge in [-0.05, 0) is 49.1 Å². The average molecular weight is 442 g/mol. The normalized spacial score (nSPS) is 23.9. The Hall–Kier alpha value is -3.13. The third-order valence-electron chi connectivity index (χ3n) is 6.22. The van der Waals surface area contributed by atoms with Gasteiger partial charge in [-0.15, -0.1) is 0 Å². The summed E-state index contributed by atoms with van der Waals surface area (Å²) in [5.74, 6) is -0.497. The number of nitrogens with one attached hydrogen (secondary N) is 3. The van der Waals surface area contributed by atoms with Crippen LogP contribution in [-0.2, 0) is 15.1 Å². The SMILES string of the molecule is COc1ccc(OC)c(NC(=O)[C@H]2C[C@H](CC(C)C)N[C@]23C(=O)Nc2ccc(F)cc23)c1. The zero-order chi connectivity index (χ0) is 23.0. The third-order valence-corrected chi connectivity index (χ3v) is 6.22. The van der Waals surface area contributed by atoms with E-state index in [0.29, 0.717) is 40.8 Å². The van der Waals surface area contributed by atoms with Gasteiger partial charge in [0.25, 0.3) is 0 Å². The summed E-state index contributed by atoms with van der Waals surface area (Å²) in [6.07, 6.45) is 1.23. The van der Waals surface area contributed by atoms with Crippen LogP contribution in [0, 0.1) is 17.7 Å². The smallest absolute Gasteiger partial charge is 0.250 e. The molecular formula is C24H28FN3O4. The van der Waals surface area contributed by atoms with E-state index in [1.807, 2.05) is 0 Å². The summed E-state index contributed by atoms with van der Waals surface area (Å²) in [4.78, 5) is 26.9. The number of hydrogen-bond donors (Lipinski definition) is 3. The van der Waals surface area contributed by atoms with Crippen molar-refractivity contribution >= 4 is 23.2 Å². The first-order chi connectivity index (χ1) is 15.3. The van der Waals surface area contributed by atoms with E-state index >= 15 is 0 Å². The second kappa shape index (κ2) is 8.43. The molecular weight excluding hydrogens is 413 g/mol. The van der Waals surface area contributed by atoms with Crippen LogP contribution in [0.4, 0.5) is 15.8 Å². The number of halogens is 1. The van der Waals surface area contributed by atoms with Crippen LogP contribution in [0.25, 0.3) is 0 Å². The lowest BCUT2D eigenvalue weighted by Gasteiger charge is -2.29. The minimum Gasteiger partial charge on any atom is -0.497 e. The second-order valence-corrected chi connectivity index (χ2v) is 8.77. The van der Waals surface area contributed by atoms with Crippen molar-refractivity contribution < 1.29 is 23.5 Å². The molecule has 1 spiro atoms. The van der Waals surface area contributed by atoms with Gasteiger partial charge in [-0.25, -0.2) is 4.39 Å². The van der Waals surface area contributed by atoms with E-state index in [9.17, 15) is 14.0 Å². The van der Waals surface area contributed by atoms with Gasteiger partial charge in [0.15, 0.2) is 0 Å². The summed E-state index contributed by atoms with van der Waals surface area (Å²) in [5.41, 5.74) is 0.0854. The Balaban J connectivity index is 1.74. The predicted octanol–water partition coefficient (Wildman–Crippen LogP) is 3.65. The molecule has 2 aromatic carbocycles. The first kappa shape index (κ1) is 22.1. The van der Waals surface area contributed by atoms with E-state index in [0.717, 1.165) is 6.42 Å². The molecule has 0 saturated carbocycles. The van der Waals surface area contributed by atoms with Crippen molar-refractivity contribution in [3.05, 3.63) is 47.8 Å². The first-order valence-electron chi connectivity index (χ1n) is 10.7. The fourth-order valence-corrected chi connectivity index (χ4v) is 4.89. The summed E-state index contributed by atoms with van der Waals surface area (Å²) in [6, 6.07) is 9.20. The molecule has 1 fully saturated rings. The standard InChI is InChI=1S/C24H28FN3O4/c1-13(2)9-15-11-18(22(29)26-20-12-16(31-3)6-8-21(20)32-4)24(28-15)17-10-14(25)5-7-19(17)27-23(24)30/h5-8,10,12-13,15,18,28H,9,11H2,1-4H3,(H,26,29)(H,27,30)/t15-,18+,24-/m0/s1. The number of carbonyl (C=O) groups is 2. The van der Waals surface area contributed by atoms with Crippen LogP contribution in [0.15, 0.2) is 36.4 Å². The fraction of sp³-hybridized carbons (Fsp3) is 0.417. The Labute approximate surface area is 186 Å². The number of fused-ring (bicyclic) bond motifs is 2. The van der Waals surface area contributed by atoms with Gasteiger partial charge in [-0.2, -0.15) is 0 Å². The summed E-state index contributed by atoms with van der Waals surface area (Å²) >= 11 is 0. The maximum Gasteiger partial charge on any atom is 0.250 e. The van der Waals surface area contributed by atoms with Crippen LogP contribution in [-0.4, -0.2) is 32.1 Å². The number of rotatable bonds is 6. The lowest BCUT2D eigenvalue weighted by Crippen LogP contribution is -2.52. The number of ether oxygens (including phenoxy) is 2. The molecule has 2 aromatic rings. The minimum atomic E-state index is -1.34. The maximum absolute atomic E-state index is 14.2. The zero-order valence-corrected chi connectivity index (χ0v) is 18.6. The van der Waals surface area contributed by atoms with Gasteiger partial charge in [0.2, 0.25) is 11.8 Å². The highest BCUT2D eigenvalue weighted by Gasteiger charge is 2.60. The molecule has 0 bridgehead atoms. The Morgan fingerprint density at radius 3 is 2.69 bits per heavy atom. The largest absolute Gasteiger partial charge is 0.497 e. The minimum absolute atomic E-state index is 0.0714. The second-order valence-electron chi connectivity index (χ2n) is 8.77. The zero-order valence-electron chi connectivity index (χ0n) is 18.6. The van der Waals surface area contributed by atoms with Gasteiger partial charge in [0, 0.05) is 23.4 Å². The highest BCUT2D eigenvalue weighted by molar-refractivity contribution is 6.10. The van der Waals surface area contributed by atoms with Crippen LogP contribution in [0.2, 0.25) is 0 Å². The molecule has 0 unspecified atom stereocenters. The van der Waals surface area contributed by atoms with Crippen LogP contribution < -0.4 is 25.4 Å². The number of methoxy groups -OCH3 is 2. The quantitative estimate of drug-likeness (QED) is 0.637. The maximum atomic E-state index is 14.2. The summed E-state index contributed by atoms with van der Waals surface area (Å²) in [6.45, 7) is 4.18. The molecule has 0 aromatic heterocycles. The van der Waals surface area contributed by atoms with Gasteiger partial charge in [-0.3, -0.25) is 14.9 Å². The summed E-state index contributed by atoms with van der Waals surface area (Å²) < 4.78 is 24.8. The van der Waals surface area contributed by atoms with Gasteiger partial charge in [0.05, 0.1) is 25.8 Å². The predicted molar refractivity (Wildman–Crippen MR) is 119 cm³/mol. The Kier molecular flexibility index (Phi) is 5.81. The first-order valence-corrected chi connectivity index (χ1v) is 10.7. The van der Waals surface area contributed by atoms with E-state index in [2.05, 4.69) is 29.8 Å². The third kappa shape index (κ3) is 3.68. The molecule has 8 heteroatoms. The van der Waals surface area contributed by atoms with E-state index < -0.39 is 17.3 Å². The Bertz CT molecular complexity index is 1060. The number of amides is 2. The molecule has 4 rings (SSSR count). The molecule has 3 atom stereocenters. The van der Waals surface area contributed by atoms with E-state index in [-0.39, 0.29) is 17.9 Å². The fourth-order valence-electron chi connectivity index (χ4n) is 4.89. The molecule has 170 valence electrons. The number of anilines is 2. The molecule has 2 heterocycles. The highest BCUT2D eigenvalue weighted by Crippen LogP contribution is 2.48. The van der Waals surface area contributed by atoms with Crippen molar-refractivity contribution in [1.82, 2.24) is 5.32 Å². The number of benzene rings is 2. The van der Waals surface area contributed by atoms with Gasteiger partial charge < -0.3 is 20.1 Å². The molecule has 3 N–H and O–H groups in total. The van der Waals surface area contributed by atoms with Crippen molar-refractivity contribution in [3.63, 3.8) is 0 Å². The monoisotopic (exact) mass is 441 g/mol. The highest BCUT2D eigenvalue weighted by atomic mass is 19.1. The van der Waals surface area contributed by atoms with Crippen LogP contribution in [0.1, 0.15) is 32.3 Å². The van der Waals surface area contributed by atoms with Gasteiger partial charge in [0.1, 0.15) is 22.9 Å². The van der Waals surface area contributed by atoms with E-state index in [1.54, 1.807) is 18.2 Å². The Morgan fingerprint density at radius 1 is 1.22 bits per heavy atom. The number of carbonyl (C=O) groups excluding carboxylic acids is 2. The van der Waals surface area contributed by atoms with Crippen LogP contribution in [0.3, 0.4) is 0 Å². The van der Waals surface area contributed by atoms with Gasteiger partial charge >= 0.3 is 0 Å². The lowest BCUT2D eigenvalue weighted by molar-refractivity contribution is -0.130. The molecule has 7 nitrogen and oxygen atoms in total. The molecule has 2 amide bonds. The average Bonchev–Trinajstić information content (AvgIpc) is 3.26. The summed E-state index contributed by atoms with van der Waals surface area (Å²) in [7, 11) is 3.05. The van der Waals surface area contributed by atoms with Crippen LogP contribution >= 0.6 is 0 Å². The topological polar surface area (TPSA) is 88.7 Å². The number of hydrogen-bond acceptors (Lipinski definition) is 5.